The van der Waals surface area contributed by atoms with Gasteiger partial charge in [0, 0.05) is 6.42 Å². The molecule has 0 saturated heterocycles. The number of hydrogen-bond acceptors (Lipinski definition) is 3. The molecule has 2 aliphatic rings. The van der Waals surface area contributed by atoms with Gasteiger partial charge in [0.05, 0.1) is 11.4 Å². The predicted octanol–water partition coefficient (Wildman–Crippen LogP) is 4.68. The van der Waals surface area contributed by atoms with Crippen LogP contribution < -0.4 is 10.9 Å². The average molecular weight is 298 g/mol. The van der Waals surface area contributed by atoms with E-state index in [0.29, 0.717) is 12.1 Å². The van der Waals surface area contributed by atoms with Gasteiger partial charge in [0.25, 0.3) is 0 Å². The third kappa shape index (κ3) is 3.90. The number of hydrazine groups is 1. The highest BCUT2D eigenvalue weighted by Crippen LogP contribution is 2.32. The van der Waals surface area contributed by atoms with Crippen molar-refractivity contribution in [1.29, 1.82) is 0 Å². The maximum atomic E-state index is 11.9. The molecule has 0 spiro atoms. The van der Waals surface area contributed by atoms with Crippen LogP contribution in [-0.4, -0.2) is 5.78 Å². The van der Waals surface area contributed by atoms with Gasteiger partial charge < -0.3 is 5.43 Å². The molecule has 0 unspecified atom stereocenters. The lowest BCUT2D eigenvalue weighted by molar-refractivity contribution is -0.115. The number of benzene rings is 1. The minimum atomic E-state index is 0.212. The lowest BCUT2D eigenvalue weighted by atomic mass is 9.84. The van der Waals surface area contributed by atoms with Gasteiger partial charge in [-0.05, 0) is 55.7 Å². The Morgan fingerprint density at radius 2 is 1.64 bits per heavy atom. The van der Waals surface area contributed by atoms with E-state index in [4.69, 9.17) is 0 Å². The van der Waals surface area contributed by atoms with Crippen molar-refractivity contribution >= 4 is 11.5 Å². The van der Waals surface area contributed by atoms with E-state index in [1.165, 1.54) is 37.7 Å². The molecule has 3 nitrogen and oxygen atoms in total. The molecule has 1 saturated carbocycles. The van der Waals surface area contributed by atoms with Crippen molar-refractivity contribution in [3.8, 4) is 0 Å². The molecular formula is C19H26N2O. The highest BCUT2D eigenvalue weighted by molar-refractivity contribution is 5.95. The maximum Gasteiger partial charge on any atom is 0.180 e. The first kappa shape index (κ1) is 15.1. The number of carbonyl (C=O) groups excluding carboxylic acids is 1. The van der Waals surface area contributed by atoms with Gasteiger partial charge in [-0.2, -0.15) is 0 Å². The van der Waals surface area contributed by atoms with Gasteiger partial charge in [-0.3, -0.25) is 10.2 Å². The minimum absolute atomic E-state index is 0.212. The molecule has 2 N–H and O–H groups in total. The summed E-state index contributed by atoms with van der Waals surface area (Å²) in [4.78, 5) is 11.9. The monoisotopic (exact) mass is 298 g/mol. The molecule has 22 heavy (non-hydrogen) atoms. The molecule has 0 aromatic heterocycles. The normalized spacial score (nSPS) is 20.2. The standard InChI is InChI=1S/C19H26N2O/c22-19-10-6-2-5-9-18(19)21-20-17-13-11-16(12-14-17)15-7-3-1-4-8-15/h9,11-15,20-21H,1-8,10H2. The van der Waals surface area contributed by atoms with Crippen LogP contribution in [0.4, 0.5) is 5.69 Å². The van der Waals surface area contributed by atoms with Crippen molar-refractivity contribution in [1.82, 2.24) is 5.43 Å². The topological polar surface area (TPSA) is 41.1 Å². The first-order valence-electron chi connectivity index (χ1n) is 8.68. The van der Waals surface area contributed by atoms with Crippen LogP contribution in [0.15, 0.2) is 36.0 Å². The van der Waals surface area contributed by atoms with Crippen LogP contribution in [0.3, 0.4) is 0 Å². The zero-order valence-corrected chi connectivity index (χ0v) is 13.2. The number of rotatable bonds is 4. The first-order valence-corrected chi connectivity index (χ1v) is 8.68. The summed E-state index contributed by atoms with van der Waals surface area (Å²) in [6.07, 6.45) is 12.5. The van der Waals surface area contributed by atoms with Crippen LogP contribution in [0, 0.1) is 0 Å². The minimum Gasteiger partial charge on any atom is -0.301 e. The van der Waals surface area contributed by atoms with E-state index >= 15 is 0 Å². The first-order chi connectivity index (χ1) is 10.8. The van der Waals surface area contributed by atoms with Crippen LogP contribution in [0.2, 0.25) is 0 Å². The molecule has 0 amide bonds. The zero-order chi connectivity index (χ0) is 15.2. The van der Waals surface area contributed by atoms with Gasteiger partial charge in [0.1, 0.15) is 0 Å². The van der Waals surface area contributed by atoms with Crippen molar-refractivity contribution in [2.75, 3.05) is 5.43 Å². The molecule has 2 aliphatic carbocycles. The van der Waals surface area contributed by atoms with Crippen LogP contribution in [0.1, 0.15) is 69.3 Å². The average Bonchev–Trinajstić information content (AvgIpc) is 2.78. The lowest BCUT2D eigenvalue weighted by Gasteiger charge is -2.22. The molecule has 3 rings (SSSR count). The summed E-state index contributed by atoms with van der Waals surface area (Å²) in [6, 6.07) is 8.67. The zero-order valence-electron chi connectivity index (χ0n) is 13.2. The van der Waals surface area contributed by atoms with Gasteiger partial charge >= 0.3 is 0 Å². The summed E-state index contributed by atoms with van der Waals surface area (Å²) >= 11 is 0. The van der Waals surface area contributed by atoms with Crippen LogP contribution in [0.5, 0.6) is 0 Å². The fourth-order valence-electron chi connectivity index (χ4n) is 3.46. The van der Waals surface area contributed by atoms with Crippen molar-refractivity contribution in [2.45, 2.75) is 63.7 Å². The predicted molar refractivity (Wildman–Crippen MR) is 90.6 cm³/mol. The van der Waals surface area contributed by atoms with Gasteiger partial charge in [-0.1, -0.05) is 37.5 Å². The Morgan fingerprint density at radius 3 is 2.41 bits per heavy atom. The summed E-state index contributed by atoms with van der Waals surface area (Å²) in [5.74, 6) is 0.950. The van der Waals surface area contributed by atoms with Gasteiger partial charge in [-0.25, -0.2) is 0 Å². The third-order valence-electron chi connectivity index (χ3n) is 4.84. The summed E-state index contributed by atoms with van der Waals surface area (Å²) in [6.45, 7) is 0. The van der Waals surface area contributed by atoms with E-state index in [-0.39, 0.29) is 5.78 Å². The number of carbonyl (C=O) groups is 1. The van der Waals surface area contributed by atoms with Crippen molar-refractivity contribution in [3.63, 3.8) is 0 Å². The second-order valence-corrected chi connectivity index (χ2v) is 6.49. The Bertz CT molecular complexity index is 527. The Kier molecular flexibility index (Phi) is 5.15. The Morgan fingerprint density at radius 1 is 0.864 bits per heavy atom. The highest BCUT2D eigenvalue weighted by atomic mass is 16.1. The molecule has 1 fully saturated rings. The smallest absolute Gasteiger partial charge is 0.180 e. The number of Topliss-reactive ketones (excluding diaryl/α,β-unsaturated/α-hetero) is 1. The molecule has 0 bridgehead atoms. The summed E-state index contributed by atoms with van der Waals surface area (Å²) in [5.41, 5.74) is 9.43. The summed E-state index contributed by atoms with van der Waals surface area (Å²) in [5, 5.41) is 0. The number of allylic oxidation sites excluding steroid dienone is 2. The molecule has 3 heteroatoms. The van der Waals surface area contributed by atoms with Crippen LogP contribution >= 0.6 is 0 Å². The molecule has 1 aromatic rings. The number of ketones is 1. The maximum absolute atomic E-state index is 11.9. The van der Waals surface area contributed by atoms with E-state index in [1.54, 1.807) is 0 Å². The van der Waals surface area contributed by atoms with Crippen molar-refractivity contribution < 1.29 is 4.79 Å². The van der Waals surface area contributed by atoms with E-state index in [1.807, 2.05) is 6.08 Å². The largest absolute Gasteiger partial charge is 0.301 e. The molecule has 0 atom stereocenters. The Labute approximate surface area is 133 Å². The van der Waals surface area contributed by atoms with Crippen LogP contribution in [0.25, 0.3) is 0 Å². The number of hydrogen-bond donors (Lipinski definition) is 2. The Hall–Kier alpha value is -1.77. The van der Waals surface area contributed by atoms with E-state index in [9.17, 15) is 4.79 Å². The van der Waals surface area contributed by atoms with E-state index in [2.05, 4.69) is 35.1 Å². The second kappa shape index (κ2) is 7.48. The molecule has 118 valence electrons. The fraction of sp³-hybridized carbons (Fsp3) is 0.526. The SMILES string of the molecule is O=C1CCCCC=C1NNc1ccc(C2CCCCC2)cc1. The van der Waals surface area contributed by atoms with Crippen molar-refractivity contribution in [3.05, 3.63) is 41.6 Å². The molecule has 0 heterocycles. The quantitative estimate of drug-likeness (QED) is 0.793. The molecule has 0 aliphatic heterocycles. The van der Waals surface area contributed by atoms with E-state index < -0.39 is 0 Å². The van der Waals surface area contributed by atoms with Crippen molar-refractivity contribution in [2.24, 2.45) is 0 Å². The fourth-order valence-corrected chi connectivity index (χ4v) is 3.46. The summed E-state index contributed by atoms with van der Waals surface area (Å²) in [7, 11) is 0. The molecule has 1 aromatic carbocycles. The molecule has 0 radical (unpaired) electrons. The van der Waals surface area contributed by atoms with Gasteiger partial charge in [-0.15, -0.1) is 0 Å². The van der Waals surface area contributed by atoms with E-state index in [0.717, 1.165) is 30.9 Å². The third-order valence-corrected chi connectivity index (χ3v) is 4.84. The van der Waals surface area contributed by atoms with Gasteiger partial charge in [0.2, 0.25) is 0 Å². The second-order valence-electron chi connectivity index (χ2n) is 6.49. The lowest BCUT2D eigenvalue weighted by Crippen LogP contribution is -2.25. The summed E-state index contributed by atoms with van der Waals surface area (Å²) < 4.78 is 0. The Balaban J connectivity index is 1.56. The number of anilines is 1. The van der Waals surface area contributed by atoms with Crippen LogP contribution in [-0.2, 0) is 4.79 Å². The van der Waals surface area contributed by atoms with Gasteiger partial charge in [0.15, 0.2) is 5.78 Å². The highest BCUT2D eigenvalue weighted by Gasteiger charge is 2.15. The molecular weight excluding hydrogens is 272 g/mol. The number of nitrogens with one attached hydrogen (secondary N) is 2.